The van der Waals surface area contributed by atoms with E-state index in [1.54, 1.807) is 0 Å². The number of aromatic nitrogens is 3. The lowest BCUT2D eigenvalue weighted by atomic mass is 9.80. The molecule has 1 aliphatic rings. The first-order valence-corrected chi connectivity index (χ1v) is 8.19. The Labute approximate surface area is 125 Å². The number of rotatable bonds is 4. The lowest BCUT2D eigenvalue weighted by Crippen LogP contribution is -2.23. The predicted molar refractivity (Wildman–Crippen MR) is 83.1 cm³/mol. The molecule has 0 radical (unpaired) electrons. The van der Waals surface area contributed by atoms with Gasteiger partial charge < -0.3 is 4.57 Å². The van der Waals surface area contributed by atoms with E-state index in [9.17, 15) is 0 Å². The van der Waals surface area contributed by atoms with Gasteiger partial charge in [-0.2, -0.15) is 0 Å². The van der Waals surface area contributed by atoms with E-state index in [1.165, 1.54) is 25.7 Å². The van der Waals surface area contributed by atoms with E-state index in [4.69, 9.17) is 16.6 Å². The van der Waals surface area contributed by atoms with Crippen LogP contribution in [0.1, 0.15) is 38.4 Å². The highest BCUT2D eigenvalue weighted by Gasteiger charge is 2.23. The summed E-state index contributed by atoms with van der Waals surface area (Å²) in [5, 5.41) is 0. The topological polar surface area (TPSA) is 30.7 Å². The Hall–Kier alpha value is -1.09. The SMILES string of the molecule is CC1CCCCC1Cn1c(CCCl)nc2cccnc21. The second-order valence-electron chi connectivity index (χ2n) is 5.95. The van der Waals surface area contributed by atoms with Gasteiger partial charge in [-0.25, -0.2) is 9.97 Å². The van der Waals surface area contributed by atoms with Gasteiger partial charge in [0.25, 0.3) is 0 Å². The minimum Gasteiger partial charge on any atom is -0.312 e. The van der Waals surface area contributed by atoms with Crippen molar-refractivity contribution < 1.29 is 0 Å². The summed E-state index contributed by atoms with van der Waals surface area (Å²) in [6.45, 7) is 3.43. The van der Waals surface area contributed by atoms with Crippen molar-refractivity contribution in [2.45, 2.75) is 45.6 Å². The van der Waals surface area contributed by atoms with Gasteiger partial charge >= 0.3 is 0 Å². The standard InChI is InChI=1S/C16H22ClN3/c1-12-5-2-3-6-13(12)11-20-15(8-9-17)19-14-7-4-10-18-16(14)20/h4,7,10,12-13H,2-3,5-6,8-9,11H2,1H3. The number of fused-ring (bicyclic) bond motifs is 1. The van der Waals surface area contributed by atoms with Crippen molar-refractivity contribution in [1.82, 2.24) is 14.5 Å². The largest absolute Gasteiger partial charge is 0.312 e. The Bertz CT molecular complexity index is 578. The van der Waals surface area contributed by atoms with Crippen molar-refractivity contribution >= 4 is 22.8 Å². The molecule has 2 heterocycles. The fraction of sp³-hybridized carbons (Fsp3) is 0.625. The molecule has 0 N–H and O–H groups in total. The number of imidazole rings is 1. The van der Waals surface area contributed by atoms with Crippen LogP contribution >= 0.6 is 11.6 Å². The van der Waals surface area contributed by atoms with E-state index >= 15 is 0 Å². The predicted octanol–water partition coefficient (Wildman–Crippen LogP) is 4.04. The van der Waals surface area contributed by atoms with E-state index in [2.05, 4.69) is 16.5 Å². The average Bonchev–Trinajstić information content (AvgIpc) is 2.80. The maximum Gasteiger partial charge on any atom is 0.159 e. The first-order valence-electron chi connectivity index (χ1n) is 7.65. The van der Waals surface area contributed by atoms with Crippen LogP contribution in [0.4, 0.5) is 0 Å². The molecule has 3 nitrogen and oxygen atoms in total. The Morgan fingerprint density at radius 2 is 2.20 bits per heavy atom. The summed E-state index contributed by atoms with van der Waals surface area (Å²) in [6, 6.07) is 3.99. The summed E-state index contributed by atoms with van der Waals surface area (Å²) in [5.41, 5.74) is 2.02. The van der Waals surface area contributed by atoms with Crippen LogP contribution in [0.15, 0.2) is 18.3 Å². The molecule has 0 aliphatic heterocycles. The van der Waals surface area contributed by atoms with Crippen molar-refractivity contribution in [2.24, 2.45) is 11.8 Å². The van der Waals surface area contributed by atoms with Crippen LogP contribution in [0.2, 0.25) is 0 Å². The number of pyridine rings is 1. The van der Waals surface area contributed by atoms with E-state index in [0.29, 0.717) is 5.88 Å². The van der Waals surface area contributed by atoms with Gasteiger partial charge in [-0.3, -0.25) is 0 Å². The zero-order valence-electron chi connectivity index (χ0n) is 12.1. The third-order valence-electron chi connectivity index (χ3n) is 4.61. The number of nitrogens with zero attached hydrogens (tertiary/aromatic N) is 3. The van der Waals surface area contributed by atoms with Gasteiger partial charge in [-0.1, -0.05) is 26.2 Å². The molecule has 1 saturated carbocycles. The highest BCUT2D eigenvalue weighted by molar-refractivity contribution is 6.17. The molecule has 0 aromatic carbocycles. The van der Waals surface area contributed by atoms with Crippen molar-refractivity contribution in [3.63, 3.8) is 0 Å². The minimum atomic E-state index is 0.615. The van der Waals surface area contributed by atoms with Crippen LogP contribution in [0.5, 0.6) is 0 Å². The van der Waals surface area contributed by atoms with Gasteiger partial charge in [0, 0.05) is 25.0 Å². The number of aryl methyl sites for hydroxylation is 1. The van der Waals surface area contributed by atoms with Crippen molar-refractivity contribution in [2.75, 3.05) is 5.88 Å². The summed E-state index contributed by atoms with van der Waals surface area (Å²) in [7, 11) is 0. The van der Waals surface area contributed by atoms with Crippen LogP contribution in [0.25, 0.3) is 11.2 Å². The molecule has 1 aliphatic carbocycles. The van der Waals surface area contributed by atoms with E-state index in [-0.39, 0.29) is 0 Å². The molecule has 0 saturated heterocycles. The molecular formula is C16H22ClN3. The van der Waals surface area contributed by atoms with E-state index < -0.39 is 0 Å². The summed E-state index contributed by atoms with van der Waals surface area (Å²) in [6.07, 6.45) is 8.10. The molecular weight excluding hydrogens is 270 g/mol. The van der Waals surface area contributed by atoms with E-state index in [1.807, 2.05) is 18.3 Å². The highest BCUT2D eigenvalue weighted by Crippen LogP contribution is 2.31. The number of hydrogen-bond acceptors (Lipinski definition) is 2. The third kappa shape index (κ3) is 2.69. The monoisotopic (exact) mass is 291 g/mol. The molecule has 2 atom stereocenters. The van der Waals surface area contributed by atoms with Crippen LogP contribution < -0.4 is 0 Å². The molecule has 2 unspecified atom stereocenters. The van der Waals surface area contributed by atoms with Crippen LogP contribution in [-0.2, 0) is 13.0 Å². The summed E-state index contributed by atoms with van der Waals surface area (Å²) in [4.78, 5) is 9.24. The van der Waals surface area contributed by atoms with Crippen LogP contribution in [-0.4, -0.2) is 20.4 Å². The highest BCUT2D eigenvalue weighted by atomic mass is 35.5. The second-order valence-corrected chi connectivity index (χ2v) is 6.32. The molecule has 4 heteroatoms. The smallest absolute Gasteiger partial charge is 0.159 e. The molecule has 1 fully saturated rings. The van der Waals surface area contributed by atoms with Gasteiger partial charge in [0.05, 0.1) is 0 Å². The Morgan fingerprint density at radius 1 is 1.35 bits per heavy atom. The maximum atomic E-state index is 5.93. The van der Waals surface area contributed by atoms with Crippen molar-refractivity contribution in [3.05, 3.63) is 24.2 Å². The summed E-state index contributed by atoms with van der Waals surface area (Å²) >= 11 is 5.93. The Kier molecular flexibility index (Phi) is 4.25. The van der Waals surface area contributed by atoms with Gasteiger partial charge in [-0.05, 0) is 30.4 Å². The number of hydrogen-bond donors (Lipinski definition) is 0. The van der Waals surface area contributed by atoms with Gasteiger partial charge in [0.1, 0.15) is 11.3 Å². The van der Waals surface area contributed by atoms with Crippen LogP contribution in [0.3, 0.4) is 0 Å². The Morgan fingerprint density at radius 3 is 3.00 bits per heavy atom. The Balaban J connectivity index is 1.93. The van der Waals surface area contributed by atoms with Crippen molar-refractivity contribution in [3.8, 4) is 0 Å². The summed E-state index contributed by atoms with van der Waals surface area (Å²) < 4.78 is 2.31. The quantitative estimate of drug-likeness (QED) is 0.796. The van der Waals surface area contributed by atoms with Gasteiger partial charge in [0.2, 0.25) is 0 Å². The van der Waals surface area contributed by atoms with Crippen LogP contribution in [0, 0.1) is 11.8 Å². The zero-order chi connectivity index (χ0) is 13.9. The molecule has 2 aromatic heterocycles. The molecule has 0 amide bonds. The number of alkyl halides is 1. The molecule has 0 bridgehead atoms. The van der Waals surface area contributed by atoms with E-state index in [0.717, 1.165) is 41.8 Å². The molecule has 3 rings (SSSR count). The molecule has 0 spiro atoms. The number of halogens is 1. The first kappa shape index (κ1) is 13.9. The third-order valence-corrected chi connectivity index (χ3v) is 4.80. The fourth-order valence-electron chi connectivity index (χ4n) is 3.37. The average molecular weight is 292 g/mol. The summed E-state index contributed by atoms with van der Waals surface area (Å²) in [5.74, 6) is 3.25. The lowest BCUT2D eigenvalue weighted by Gasteiger charge is -2.29. The first-order chi connectivity index (χ1) is 9.79. The fourth-order valence-corrected chi connectivity index (χ4v) is 3.54. The van der Waals surface area contributed by atoms with Gasteiger partial charge in [-0.15, -0.1) is 11.6 Å². The van der Waals surface area contributed by atoms with Gasteiger partial charge in [0.15, 0.2) is 5.65 Å². The zero-order valence-corrected chi connectivity index (χ0v) is 12.8. The minimum absolute atomic E-state index is 0.615. The second kappa shape index (κ2) is 6.13. The molecule has 20 heavy (non-hydrogen) atoms. The molecule has 108 valence electrons. The normalized spacial score (nSPS) is 23.3. The molecule has 2 aromatic rings. The maximum absolute atomic E-state index is 5.93. The lowest BCUT2D eigenvalue weighted by molar-refractivity contribution is 0.228. The van der Waals surface area contributed by atoms with Crippen molar-refractivity contribution in [1.29, 1.82) is 0 Å².